The van der Waals surface area contributed by atoms with E-state index in [0.29, 0.717) is 24.9 Å². The molecule has 2 aromatic rings. The summed E-state index contributed by atoms with van der Waals surface area (Å²) < 4.78 is 63.1. The molecule has 4 rings (SSSR count). The van der Waals surface area contributed by atoms with Gasteiger partial charge in [-0.15, -0.1) is 0 Å². The number of ether oxygens (including phenoxy) is 2. The quantitative estimate of drug-likeness (QED) is 0.182. The minimum atomic E-state index is -4.22. The molecule has 0 bridgehead atoms. The Morgan fingerprint density at radius 1 is 0.980 bits per heavy atom. The molecule has 272 valence electrons. The predicted octanol–water partition coefficient (Wildman–Crippen LogP) is 3.68. The Bertz CT molecular complexity index is 1570. The number of amides is 2. The number of nitriles is 1. The van der Waals surface area contributed by atoms with E-state index in [-0.39, 0.29) is 23.8 Å². The summed E-state index contributed by atoms with van der Waals surface area (Å²) in [7, 11) is -4.22. The molecule has 0 saturated carbocycles. The summed E-state index contributed by atoms with van der Waals surface area (Å²) in [4.78, 5) is 35.6. The first kappa shape index (κ1) is 39.0. The number of rotatable bonds is 17. The fourth-order valence-electron chi connectivity index (χ4n) is 5.66. The Kier molecular flexibility index (Phi) is 15.7. The van der Waals surface area contributed by atoms with Crippen LogP contribution in [0, 0.1) is 11.3 Å². The number of halogens is 2. The van der Waals surface area contributed by atoms with Crippen molar-refractivity contribution < 1.29 is 36.3 Å². The Morgan fingerprint density at radius 2 is 1.66 bits per heavy atom. The number of nitrogens with zero attached hydrogens (tertiary/aromatic N) is 4. The molecule has 0 radical (unpaired) electrons. The number of alkyl halides is 2. The molecular weight excluding hydrogens is 691 g/mol. The predicted molar refractivity (Wildman–Crippen MR) is 188 cm³/mol. The molecule has 2 unspecified atom stereocenters. The van der Waals surface area contributed by atoms with E-state index in [2.05, 4.69) is 36.2 Å². The number of alkyl carbamates (subject to hydrolysis) is 1. The Labute approximate surface area is 296 Å². The van der Waals surface area contributed by atoms with Crippen molar-refractivity contribution in [1.82, 2.24) is 20.4 Å². The maximum absolute atomic E-state index is 13.8. The average molecular weight is 735 g/mol. The van der Waals surface area contributed by atoms with Gasteiger partial charge in [0.15, 0.2) is 9.84 Å². The Hall–Kier alpha value is -3.78. The number of carbonyl (C=O) groups excluding carboxylic acids is 2. The highest BCUT2D eigenvalue weighted by molar-refractivity contribution is 7.99. The monoisotopic (exact) mass is 734 g/mol. The van der Waals surface area contributed by atoms with Gasteiger partial charge < -0.3 is 19.7 Å². The number of para-hydroxylation sites is 1. The Morgan fingerprint density at radius 3 is 2.36 bits per heavy atom. The SMILES string of the molecule is N#CC(CCCN1CCSCC1)NC(=O)C(CS(=O)(=O)Cc1ccccc1OC(F)F)N=C(NC(=O)OCCN1CCCC1)c1ccccc1. The van der Waals surface area contributed by atoms with Crippen LogP contribution in [0.15, 0.2) is 59.6 Å². The molecule has 2 N–H and O–H groups in total. The highest BCUT2D eigenvalue weighted by Crippen LogP contribution is 2.23. The normalized spacial score (nSPS) is 17.1. The highest BCUT2D eigenvalue weighted by Gasteiger charge is 2.30. The molecule has 2 aromatic carbocycles. The van der Waals surface area contributed by atoms with E-state index < -0.39 is 52.0 Å². The van der Waals surface area contributed by atoms with Crippen LogP contribution in [0.1, 0.15) is 36.8 Å². The van der Waals surface area contributed by atoms with E-state index in [1.54, 1.807) is 30.3 Å². The third-order valence-corrected chi connectivity index (χ3v) is 10.7. The third kappa shape index (κ3) is 13.5. The van der Waals surface area contributed by atoms with Crippen LogP contribution in [0.3, 0.4) is 0 Å². The van der Waals surface area contributed by atoms with E-state index in [0.717, 1.165) is 57.1 Å². The van der Waals surface area contributed by atoms with Gasteiger partial charge in [-0.2, -0.15) is 25.8 Å². The molecule has 50 heavy (non-hydrogen) atoms. The number of hydrogen-bond acceptors (Lipinski definition) is 11. The van der Waals surface area contributed by atoms with E-state index in [9.17, 15) is 32.0 Å². The molecule has 2 heterocycles. The van der Waals surface area contributed by atoms with Crippen molar-refractivity contribution >= 4 is 39.4 Å². The molecule has 16 heteroatoms. The van der Waals surface area contributed by atoms with Gasteiger partial charge in [0, 0.05) is 42.3 Å². The number of nitrogens with one attached hydrogen (secondary N) is 2. The summed E-state index contributed by atoms with van der Waals surface area (Å²) in [5, 5.41) is 15.1. The van der Waals surface area contributed by atoms with E-state index in [4.69, 9.17) is 4.74 Å². The largest absolute Gasteiger partial charge is 0.448 e. The molecule has 0 aliphatic carbocycles. The molecule has 2 aliphatic rings. The van der Waals surface area contributed by atoms with Crippen LogP contribution in [0.25, 0.3) is 0 Å². The fourth-order valence-corrected chi connectivity index (χ4v) is 8.18. The Balaban J connectivity index is 1.55. The zero-order valence-corrected chi connectivity index (χ0v) is 29.5. The molecule has 2 amide bonds. The zero-order chi connectivity index (χ0) is 35.8. The standard InChI is InChI=1S/C34H44F2N6O6S2/c35-33(36)48-30-13-5-4-11-27(30)24-50(45,46)25-29(32(43)38-28(23-37)12-8-16-42-18-21-49-22-19-42)39-31(26-9-2-1-3-10-26)40-34(44)47-20-17-41-14-6-7-15-41/h1-5,9-11,13,28-29,33H,6-8,12,14-22,24-25H2,(H,38,43)(H,39,40,44). The lowest BCUT2D eigenvalue weighted by Gasteiger charge is -2.26. The van der Waals surface area contributed by atoms with Crippen molar-refractivity contribution in [3.63, 3.8) is 0 Å². The highest BCUT2D eigenvalue weighted by atomic mass is 32.2. The summed E-state index contributed by atoms with van der Waals surface area (Å²) in [6.07, 6.45) is 2.30. The van der Waals surface area contributed by atoms with Gasteiger partial charge in [-0.3, -0.25) is 20.0 Å². The van der Waals surface area contributed by atoms with Gasteiger partial charge in [-0.25, -0.2) is 13.2 Å². The first-order valence-electron chi connectivity index (χ1n) is 16.6. The van der Waals surface area contributed by atoms with Crippen LogP contribution in [0.2, 0.25) is 0 Å². The summed E-state index contributed by atoms with van der Waals surface area (Å²) in [5.74, 6) is -0.764. The van der Waals surface area contributed by atoms with Crippen molar-refractivity contribution in [1.29, 1.82) is 5.26 Å². The molecule has 0 spiro atoms. The number of thioether (sulfide) groups is 1. The third-order valence-electron chi connectivity index (χ3n) is 8.21. The smallest absolute Gasteiger partial charge is 0.412 e. The number of amidine groups is 1. The summed E-state index contributed by atoms with van der Waals surface area (Å²) in [5.41, 5.74) is 0.358. The fraction of sp³-hybridized carbons (Fsp3) is 0.529. The van der Waals surface area contributed by atoms with Gasteiger partial charge in [-0.05, 0) is 51.4 Å². The number of benzene rings is 2. The first-order chi connectivity index (χ1) is 24.1. The summed E-state index contributed by atoms with van der Waals surface area (Å²) in [6.45, 7) is 2.00. The van der Waals surface area contributed by atoms with Gasteiger partial charge in [-0.1, -0.05) is 48.5 Å². The van der Waals surface area contributed by atoms with Gasteiger partial charge in [0.1, 0.15) is 30.3 Å². The second kappa shape index (κ2) is 20.2. The van der Waals surface area contributed by atoms with Gasteiger partial charge in [0.05, 0.1) is 17.6 Å². The van der Waals surface area contributed by atoms with Crippen molar-refractivity contribution in [2.45, 2.75) is 50.1 Å². The summed E-state index contributed by atoms with van der Waals surface area (Å²) in [6, 6.07) is 13.4. The molecular formula is C34H44F2N6O6S2. The number of sulfone groups is 1. The van der Waals surface area contributed by atoms with Crippen LogP contribution in [-0.4, -0.2) is 118 Å². The molecule has 2 fully saturated rings. The second-order valence-corrected chi connectivity index (χ2v) is 15.3. The molecule has 0 aromatic heterocycles. The minimum Gasteiger partial charge on any atom is -0.448 e. The number of carbonyl (C=O) groups is 2. The number of hydrogen-bond donors (Lipinski definition) is 2. The van der Waals surface area contributed by atoms with E-state index in [1.165, 1.54) is 24.3 Å². The van der Waals surface area contributed by atoms with Crippen LogP contribution < -0.4 is 15.4 Å². The second-order valence-electron chi connectivity index (χ2n) is 12.0. The van der Waals surface area contributed by atoms with Gasteiger partial charge >= 0.3 is 12.7 Å². The van der Waals surface area contributed by atoms with E-state index >= 15 is 0 Å². The average Bonchev–Trinajstić information content (AvgIpc) is 3.62. The van der Waals surface area contributed by atoms with Crippen molar-refractivity contribution in [2.75, 3.05) is 63.1 Å². The van der Waals surface area contributed by atoms with Crippen LogP contribution >= 0.6 is 11.8 Å². The van der Waals surface area contributed by atoms with E-state index in [1.807, 2.05) is 11.8 Å². The van der Waals surface area contributed by atoms with Crippen molar-refractivity contribution in [2.24, 2.45) is 4.99 Å². The lowest BCUT2D eigenvalue weighted by molar-refractivity contribution is -0.122. The van der Waals surface area contributed by atoms with Crippen LogP contribution in [-0.2, 0) is 25.1 Å². The topological polar surface area (TPSA) is 153 Å². The maximum atomic E-state index is 13.8. The number of aliphatic imine (C=N–C) groups is 1. The molecule has 12 nitrogen and oxygen atoms in total. The zero-order valence-electron chi connectivity index (χ0n) is 27.8. The molecule has 2 atom stereocenters. The molecule has 2 saturated heterocycles. The number of likely N-dealkylation sites (tertiary alicyclic amines) is 1. The van der Waals surface area contributed by atoms with Crippen LogP contribution in [0.4, 0.5) is 13.6 Å². The lowest BCUT2D eigenvalue weighted by atomic mass is 10.1. The molecule has 2 aliphatic heterocycles. The van der Waals surface area contributed by atoms with Crippen molar-refractivity contribution in [3.05, 3.63) is 65.7 Å². The van der Waals surface area contributed by atoms with Gasteiger partial charge in [0.25, 0.3) is 0 Å². The summed E-state index contributed by atoms with van der Waals surface area (Å²) >= 11 is 1.89. The lowest BCUT2D eigenvalue weighted by Crippen LogP contribution is -2.45. The van der Waals surface area contributed by atoms with Gasteiger partial charge in [0.2, 0.25) is 5.91 Å². The minimum absolute atomic E-state index is 0.0232. The van der Waals surface area contributed by atoms with Crippen LogP contribution in [0.5, 0.6) is 5.75 Å². The maximum Gasteiger partial charge on any atom is 0.412 e. The van der Waals surface area contributed by atoms with Crippen molar-refractivity contribution in [3.8, 4) is 11.8 Å². The first-order valence-corrected chi connectivity index (χ1v) is 19.6.